The highest BCUT2D eigenvalue weighted by molar-refractivity contribution is 5.06. The molecule has 18 heavy (non-hydrogen) atoms. The molecule has 1 fully saturated rings. The van der Waals surface area contributed by atoms with Crippen molar-refractivity contribution in [1.29, 1.82) is 0 Å². The summed E-state index contributed by atoms with van der Waals surface area (Å²) < 4.78 is 0. The predicted octanol–water partition coefficient (Wildman–Crippen LogP) is 2.55. The molecule has 1 aliphatic rings. The van der Waals surface area contributed by atoms with E-state index >= 15 is 0 Å². The first-order valence-electron chi connectivity index (χ1n) is 7.60. The van der Waals surface area contributed by atoms with Crippen LogP contribution in [-0.4, -0.2) is 45.4 Å². The number of likely N-dealkylation sites (tertiary alicyclic amines) is 1. The van der Waals surface area contributed by atoms with Crippen LogP contribution in [0.5, 0.6) is 0 Å². The lowest BCUT2D eigenvalue weighted by atomic mass is 9.70. The first-order valence-corrected chi connectivity index (χ1v) is 7.60. The van der Waals surface area contributed by atoms with E-state index in [9.17, 15) is 10.2 Å². The molecular formula is C15H31NO2. The van der Waals surface area contributed by atoms with Gasteiger partial charge < -0.3 is 10.2 Å². The summed E-state index contributed by atoms with van der Waals surface area (Å²) in [6.45, 7) is 9.78. The van der Waals surface area contributed by atoms with Crippen molar-refractivity contribution in [3.8, 4) is 0 Å². The van der Waals surface area contributed by atoms with E-state index in [2.05, 4.69) is 32.6 Å². The number of aliphatic hydroxyl groups excluding tert-OH is 2. The Bertz CT molecular complexity index is 225. The van der Waals surface area contributed by atoms with Gasteiger partial charge in [-0.25, -0.2) is 0 Å². The molecule has 0 aromatic heterocycles. The van der Waals surface area contributed by atoms with E-state index in [-0.39, 0.29) is 23.8 Å². The second-order valence-corrected chi connectivity index (χ2v) is 5.80. The Labute approximate surface area is 112 Å². The van der Waals surface area contributed by atoms with Crippen molar-refractivity contribution in [3.63, 3.8) is 0 Å². The van der Waals surface area contributed by atoms with E-state index < -0.39 is 0 Å². The van der Waals surface area contributed by atoms with Gasteiger partial charge in [0.15, 0.2) is 0 Å². The number of nitrogens with zero attached hydrogens (tertiary/aromatic N) is 1. The lowest BCUT2D eigenvalue weighted by molar-refractivity contribution is -0.122. The van der Waals surface area contributed by atoms with E-state index in [1.807, 2.05) is 0 Å². The largest absolute Gasteiger partial charge is 0.395 e. The summed E-state index contributed by atoms with van der Waals surface area (Å²) in [5.74, 6) is 0. The molecule has 3 nitrogen and oxygen atoms in total. The van der Waals surface area contributed by atoms with Gasteiger partial charge in [0.25, 0.3) is 0 Å². The number of rotatable bonds is 6. The summed E-state index contributed by atoms with van der Waals surface area (Å²) >= 11 is 0. The van der Waals surface area contributed by atoms with Crippen LogP contribution in [0.4, 0.5) is 0 Å². The number of piperidine rings is 1. The molecule has 0 bridgehead atoms. The highest BCUT2D eigenvalue weighted by Crippen LogP contribution is 2.45. The van der Waals surface area contributed by atoms with Crippen LogP contribution in [0.3, 0.4) is 0 Å². The molecule has 0 aromatic carbocycles. The summed E-state index contributed by atoms with van der Waals surface area (Å²) in [4.78, 5) is 2.52. The second-order valence-electron chi connectivity index (χ2n) is 5.80. The highest BCUT2D eigenvalue weighted by atomic mass is 16.3. The van der Waals surface area contributed by atoms with Crippen molar-refractivity contribution >= 4 is 0 Å². The maximum atomic E-state index is 10.3. The van der Waals surface area contributed by atoms with Crippen LogP contribution in [0.1, 0.15) is 66.2 Å². The molecule has 0 saturated carbocycles. The van der Waals surface area contributed by atoms with Crippen LogP contribution in [0.25, 0.3) is 0 Å². The molecule has 0 spiro atoms. The Hall–Kier alpha value is -0.120. The maximum absolute atomic E-state index is 10.3. The molecular weight excluding hydrogens is 226 g/mol. The van der Waals surface area contributed by atoms with E-state index in [0.717, 1.165) is 45.1 Å². The molecule has 3 heteroatoms. The zero-order valence-electron chi connectivity index (χ0n) is 12.6. The first-order chi connectivity index (χ1) is 8.54. The van der Waals surface area contributed by atoms with Crippen molar-refractivity contribution in [2.45, 2.75) is 83.4 Å². The molecule has 1 aliphatic heterocycles. The molecule has 0 aliphatic carbocycles. The van der Waals surface area contributed by atoms with Gasteiger partial charge in [0, 0.05) is 17.6 Å². The number of hydrogen-bond acceptors (Lipinski definition) is 3. The quantitative estimate of drug-likeness (QED) is 0.768. The average molecular weight is 257 g/mol. The first kappa shape index (κ1) is 15.9. The summed E-state index contributed by atoms with van der Waals surface area (Å²) in [6, 6.07) is 0. The zero-order chi connectivity index (χ0) is 13.8. The number of aliphatic hydroxyl groups is 2. The predicted molar refractivity (Wildman–Crippen MR) is 75.7 cm³/mol. The average Bonchev–Trinajstić information content (AvgIpc) is 2.40. The number of β-amino-alcohol motifs (C(OH)–C–C–N with tert-alkyl or cyclic N) is 1. The summed E-state index contributed by atoms with van der Waals surface area (Å²) in [7, 11) is 0. The van der Waals surface area contributed by atoms with E-state index in [1.54, 1.807) is 0 Å². The standard InChI is InChI=1S/C15H31NO2/c1-5-14(6-2)11-13(18)12-15(7-3,8-4)16(14)9-10-17/h13,17-18H,5-12H2,1-4H3. The van der Waals surface area contributed by atoms with Crippen molar-refractivity contribution in [2.24, 2.45) is 0 Å². The smallest absolute Gasteiger partial charge is 0.0575 e. The summed E-state index contributed by atoms with van der Waals surface area (Å²) in [5.41, 5.74) is 0.124. The van der Waals surface area contributed by atoms with Gasteiger partial charge in [-0.3, -0.25) is 4.90 Å². The monoisotopic (exact) mass is 257 g/mol. The summed E-state index contributed by atoms with van der Waals surface area (Å²) in [5, 5.41) is 19.7. The molecule has 1 saturated heterocycles. The van der Waals surface area contributed by atoms with Crippen molar-refractivity contribution < 1.29 is 10.2 Å². The van der Waals surface area contributed by atoms with Gasteiger partial charge in [0.2, 0.25) is 0 Å². The van der Waals surface area contributed by atoms with E-state index in [4.69, 9.17) is 0 Å². The SMILES string of the molecule is CCC1(CC)CC(O)CC(CC)(CC)N1CCO. The van der Waals surface area contributed by atoms with Crippen LogP contribution in [-0.2, 0) is 0 Å². The lowest BCUT2D eigenvalue weighted by Gasteiger charge is -2.59. The molecule has 2 N–H and O–H groups in total. The normalized spacial score (nSPS) is 24.3. The zero-order valence-corrected chi connectivity index (χ0v) is 12.6. The third-order valence-electron chi connectivity index (χ3n) is 5.33. The fraction of sp³-hybridized carbons (Fsp3) is 1.00. The molecule has 1 rings (SSSR count). The van der Waals surface area contributed by atoms with Gasteiger partial charge in [-0.2, -0.15) is 0 Å². The van der Waals surface area contributed by atoms with Crippen molar-refractivity contribution in [3.05, 3.63) is 0 Å². The van der Waals surface area contributed by atoms with Crippen LogP contribution in [0.2, 0.25) is 0 Å². The number of hydrogen-bond donors (Lipinski definition) is 2. The third-order valence-corrected chi connectivity index (χ3v) is 5.33. The molecule has 0 atom stereocenters. The Kier molecular flexibility index (Phi) is 5.63. The van der Waals surface area contributed by atoms with Crippen molar-refractivity contribution in [1.82, 2.24) is 4.90 Å². The molecule has 1 heterocycles. The van der Waals surface area contributed by atoms with Gasteiger partial charge in [-0.05, 0) is 38.5 Å². The van der Waals surface area contributed by atoms with Gasteiger partial charge in [0.05, 0.1) is 12.7 Å². The topological polar surface area (TPSA) is 43.7 Å². The molecule has 0 unspecified atom stereocenters. The van der Waals surface area contributed by atoms with Crippen LogP contribution in [0.15, 0.2) is 0 Å². The molecule has 0 radical (unpaired) electrons. The summed E-state index contributed by atoms with van der Waals surface area (Å²) in [6.07, 6.45) is 5.68. The van der Waals surface area contributed by atoms with Gasteiger partial charge in [-0.1, -0.05) is 27.7 Å². The minimum absolute atomic E-state index is 0.0619. The highest BCUT2D eigenvalue weighted by Gasteiger charge is 2.50. The van der Waals surface area contributed by atoms with E-state index in [0.29, 0.717) is 0 Å². The van der Waals surface area contributed by atoms with Gasteiger partial charge >= 0.3 is 0 Å². The fourth-order valence-electron chi connectivity index (χ4n) is 4.09. The van der Waals surface area contributed by atoms with Crippen LogP contribution < -0.4 is 0 Å². The van der Waals surface area contributed by atoms with E-state index in [1.165, 1.54) is 0 Å². The molecule has 108 valence electrons. The molecule has 0 amide bonds. The lowest BCUT2D eigenvalue weighted by Crippen LogP contribution is -2.66. The molecule has 0 aromatic rings. The van der Waals surface area contributed by atoms with Crippen LogP contribution >= 0.6 is 0 Å². The minimum Gasteiger partial charge on any atom is -0.395 e. The second kappa shape index (κ2) is 6.36. The van der Waals surface area contributed by atoms with Crippen molar-refractivity contribution in [2.75, 3.05) is 13.2 Å². The third kappa shape index (κ3) is 2.59. The Morgan fingerprint density at radius 3 is 1.61 bits per heavy atom. The fourth-order valence-corrected chi connectivity index (χ4v) is 4.09. The Morgan fingerprint density at radius 2 is 1.33 bits per heavy atom. The Balaban J connectivity index is 3.16. The van der Waals surface area contributed by atoms with Gasteiger partial charge in [0.1, 0.15) is 0 Å². The maximum Gasteiger partial charge on any atom is 0.0575 e. The minimum atomic E-state index is -0.195. The van der Waals surface area contributed by atoms with Crippen LogP contribution in [0, 0.1) is 0 Å². The Morgan fingerprint density at radius 1 is 0.944 bits per heavy atom. The van der Waals surface area contributed by atoms with Gasteiger partial charge in [-0.15, -0.1) is 0 Å².